The first kappa shape index (κ1) is 23.4. The van der Waals surface area contributed by atoms with E-state index in [9.17, 15) is 14.4 Å². The number of carbonyl (C=O) groups excluding carboxylic acids is 3. The minimum absolute atomic E-state index is 0.0412. The van der Waals surface area contributed by atoms with Gasteiger partial charge in [-0.25, -0.2) is 5.43 Å². The number of hydrogen-bond donors (Lipinski definition) is 3. The number of amides is 3. The number of hydrogen-bond acceptors (Lipinski definition) is 4. The van der Waals surface area contributed by atoms with Crippen molar-refractivity contribution in [2.45, 2.75) is 26.7 Å². The topological polar surface area (TPSA) is 99.7 Å². The first-order valence-electron chi connectivity index (χ1n) is 10.5. The Morgan fingerprint density at radius 3 is 1.88 bits per heavy atom. The van der Waals surface area contributed by atoms with Crippen LogP contribution in [-0.2, 0) is 20.8 Å². The van der Waals surface area contributed by atoms with Gasteiger partial charge in [0.05, 0.1) is 12.8 Å². The summed E-state index contributed by atoms with van der Waals surface area (Å²) in [6, 6.07) is 24.6. The predicted molar refractivity (Wildman–Crippen MR) is 131 cm³/mol. The molecule has 0 heterocycles. The molecule has 3 aromatic rings. The predicted octanol–water partition coefficient (Wildman–Crippen LogP) is 4.38. The number of rotatable bonds is 8. The third-order valence-electron chi connectivity index (χ3n) is 4.70. The van der Waals surface area contributed by atoms with Gasteiger partial charge in [-0.1, -0.05) is 54.6 Å². The van der Waals surface area contributed by atoms with Crippen LogP contribution in [0.1, 0.15) is 25.8 Å². The van der Waals surface area contributed by atoms with Gasteiger partial charge in [-0.05, 0) is 47.9 Å². The molecule has 3 amide bonds. The highest BCUT2D eigenvalue weighted by molar-refractivity contribution is 6.05. The normalized spacial score (nSPS) is 10.9. The quantitative estimate of drug-likeness (QED) is 0.357. The average Bonchev–Trinajstić information content (AvgIpc) is 2.80. The largest absolute Gasteiger partial charge is 0.326 e. The van der Waals surface area contributed by atoms with Crippen LogP contribution < -0.4 is 16.1 Å². The number of hydrazone groups is 1. The molecule has 0 fully saturated rings. The van der Waals surface area contributed by atoms with E-state index in [1.54, 1.807) is 31.2 Å². The maximum absolute atomic E-state index is 12.2. The van der Waals surface area contributed by atoms with E-state index in [1.165, 1.54) is 6.92 Å². The minimum Gasteiger partial charge on any atom is -0.326 e. The number of anilines is 2. The molecular formula is C26H26N4O3. The van der Waals surface area contributed by atoms with E-state index in [2.05, 4.69) is 21.2 Å². The molecule has 0 spiro atoms. The maximum atomic E-state index is 12.2. The van der Waals surface area contributed by atoms with Crippen molar-refractivity contribution in [2.24, 2.45) is 5.10 Å². The molecule has 0 aliphatic heterocycles. The van der Waals surface area contributed by atoms with E-state index in [0.717, 1.165) is 16.7 Å². The van der Waals surface area contributed by atoms with Crippen molar-refractivity contribution in [2.75, 3.05) is 10.6 Å². The van der Waals surface area contributed by atoms with Crippen LogP contribution in [0.2, 0.25) is 0 Å². The van der Waals surface area contributed by atoms with Gasteiger partial charge in [-0.3, -0.25) is 14.4 Å². The van der Waals surface area contributed by atoms with Gasteiger partial charge in [-0.15, -0.1) is 0 Å². The Morgan fingerprint density at radius 2 is 1.27 bits per heavy atom. The van der Waals surface area contributed by atoms with Crippen LogP contribution in [0, 0.1) is 0 Å². The average molecular weight is 443 g/mol. The second kappa shape index (κ2) is 11.4. The van der Waals surface area contributed by atoms with Crippen LogP contribution in [0.3, 0.4) is 0 Å². The second-order valence-electron chi connectivity index (χ2n) is 7.61. The third kappa shape index (κ3) is 7.74. The SMILES string of the molecule is CC(=O)Nc1ccc(NC(=O)C/C(C)=N/NC(=O)Cc2ccc(-c3ccccc3)cc2)cc1. The molecular weight excluding hydrogens is 416 g/mol. The monoisotopic (exact) mass is 442 g/mol. The lowest BCUT2D eigenvalue weighted by atomic mass is 10.0. The van der Waals surface area contributed by atoms with E-state index < -0.39 is 0 Å². The van der Waals surface area contributed by atoms with Gasteiger partial charge in [0.15, 0.2) is 0 Å². The van der Waals surface area contributed by atoms with E-state index in [-0.39, 0.29) is 30.6 Å². The van der Waals surface area contributed by atoms with E-state index in [4.69, 9.17) is 0 Å². The minimum atomic E-state index is -0.255. The van der Waals surface area contributed by atoms with Crippen LogP contribution in [0.5, 0.6) is 0 Å². The molecule has 3 N–H and O–H groups in total. The fourth-order valence-electron chi connectivity index (χ4n) is 3.15. The molecule has 0 radical (unpaired) electrons. The Kier molecular flexibility index (Phi) is 8.07. The summed E-state index contributed by atoms with van der Waals surface area (Å²) in [6.07, 6.45) is 0.234. The number of nitrogens with zero attached hydrogens (tertiary/aromatic N) is 1. The summed E-state index contributed by atoms with van der Waals surface area (Å²) in [4.78, 5) is 35.5. The Morgan fingerprint density at radius 1 is 0.697 bits per heavy atom. The molecule has 0 aromatic heterocycles. The fraction of sp³-hybridized carbons (Fsp3) is 0.154. The van der Waals surface area contributed by atoms with Crippen molar-refractivity contribution in [3.63, 3.8) is 0 Å². The lowest BCUT2D eigenvalue weighted by Crippen LogP contribution is -2.22. The van der Waals surface area contributed by atoms with Crippen LogP contribution in [0.25, 0.3) is 11.1 Å². The van der Waals surface area contributed by atoms with Crippen LogP contribution in [-0.4, -0.2) is 23.4 Å². The molecule has 0 bridgehead atoms. The van der Waals surface area contributed by atoms with Crippen molar-refractivity contribution >= 4 is 34.8 Å². The smallest absolute Gasteiger partial charge is 0.244 e. The van der Waals surface area contributed by atoms with Gasteiger partial charge < -0.3 is 10.6 Å². The lowest BCUT2D eigenvalue weighted by Gasteiger charge is -2.07. The maximum Gasteiger partial charge on any atom is 0.244 e. The molecule has 168 valence electrons. The summed E-state index contributed by atoms with van der Waals surface area (Å²) >= 11 is 0. The van der Waals surface area contributed by atoms with E-state index in [0.29, 0.717) is 17.1 Å². The van der Waals surface area contributed by atoms with Gasteiger partial charge in [0.2, 0.25) is 17.7 Å². The third-order valence-corrected chi connectivity index (χ3v) is 4.70. The van der Waals surface area contributed by atoms with E-state index in [1.807, 2.05) is 54.6 Å². The van der Waals surface area contributed by atoms with Crippen molar-refractivity contribution in [3.8, 4) is 11.1 Å². The lowest BCUT2D eigenvalue weighted by molar-refractivity contribution is -0.120. The number of carbonyl (C=O) groups is 3. The molecule has 0 atom stereocenters. The number of benzene rings is 3. The van der Waals surface area contributed by atoms with Gasteiger partial charge in [0.25, 0.3) is 0 Å². The summed E-state index contributed by atoms with van der Waals surface area (Å²) in [5, 5.41) is 9.44. The van der Waals surface area contributed by atoms with Crippen molar-refractivity contribution in [1.29, 1.82) is 0 Å². The van der Waals surface area contributed by atoms with Crippen LogP contribution in [0.15, 0.2) is 84.0 Å². The molecule has 0 saturated carbocycles. The van der Waals surface area contributed by atoms with Gasteiger partial charge in [0.1, 0.15) is 0 Å². The Labute approximate surface area is 192 Å². The summed E-state index contributed by atoms with van der Waals surface area (Å²) in [5.74, 6) is -0.671. The van der Waals surface area contributed by atoms with Gasteiger partial charge in [0, 0.05) is 24.0 Å². The zero-order valence-corrected chi connectivity index (χ0v) is 18.6. The summed E-state index contributed by atoms with van der Waals surface area (Å²) in [5.41, 5.74) is 7.32. The summed E-state index contributed by atoms with van der Waals surface area (Å²) in [7, 11) is 0. The molecule has 7 nitrogen and oxygen atoms in total. The first-order valence-corrected chi connectivity index (χ1v) is 10.5. The second-order valence-corrected chi connectivity index (χ2v) is 7.61. The highest BCUT2D eigenvalue weighted by Crippen LogP contribution is 2.19. The summed E-state index contributed by atoms with van der Waals surface area (Å²) < 4.78 is 0. The fourth-order valence-corrected chi connectivity index (χ4v) is 3.15. The van der Waals surface area contributed by atoms with E-state index >= 15 is 0 Å². The Bertz CT molecular complexity index is 1140. The molecule has 33 heavy (non-hydrogen) atoms. The highest BCUT2D eigenvalue weighted by atomic mass is 16.2. The molecule has 0 saturated heterocycles. The molecule has 0 unspecified atom stereocenters. The summed E-state index contributed by atoms with van der Waals surface area (Å²) in [6.45, 7) is 3.10. The van der Waals surface area contributed by atoms with Crippen LogP contribution >= 0.6 is 0 Å². The zero-order valence-electron chi connectivity index (χ0n) is 18.6. The van der Waals surface area contributed by atoms with Gasteiger partial charge >= 0.3 is 0 Å². The number of nitrogens with one attached hydrogen (secondary N) is 3. The first-order chi connectivity index (χ1) is 15.9. The molecule has 0 aliphatic rings. The van der Waals surface area contributed by atoms with Crippen molar-refractivity contribution in [1.82, 2.24) is 5.43 Å². The Balaban J connectivity index is 1.45. The van der Waals surface area contributed by atoms with Crippen LogP contribution in [0.4, 0.5) is 11.4 Å². The molecule has 0 aliphatic carbocycles. The van der Waals surface area contributed by atoms with Crippen molar-refractivity contribution in [3.05, 3.63) is 84.4 Å². The zero-order chi connectivity index (χ0) is 23.6. The highest BCUT2D eigenvalue weighted by Gasteiger charge is 2.07. The molecule has 3 rings (SSSR count). The Hall–Kier alpha value is -4.26. The van der Waals surface area contributed by atoms with Gasteiger partial charge in [-0.2, -0.15) is 5.10 Å². The van der Waals surface area contributed by atoms with Crippen molar-refractivity contribution < 1.29 is 14.4 Å². The standard InChI is InChI=1S/C26H26N4O3/c1-18(16-25(32)28-24-14-12-23(13-15-24)27-19(2)31)29-30-26(33)17-20-8-10-22(11-9-20)21-6-4-3-5-7-21/h3-15H,16-17H2,1-2H3,(H,27,31)(H,28,32)(H,30,33)/b29-18+. The molecule has 3 aromatic carbocycles. The molecule has 7 heteroatoms.